The second kappa shape index (κ2) is 7.95. The fraction of sp³-hybridized carbons (Fsp3) is 0.500. The van der Waals surface area contributed by atoms with Crippen LogP contribution in [0.2, 0.25) is 0 Å². The first-order valence-corrected chi connectivity index (χ1v) is 7.79. The molecule has 0 N–H and O–H groups in total. The number of carbonyl (C=O) groups excluding carboxylic acids is 1. The van der Waals surface area contributed by atoms with Crippen molar-refractivity contribution in [2.75, 3.05) is 0 Å². The van der Waals surface area contributed by atoms with E-state index in [9.17, 15) is 4.79 Å². The van der Waals surface area contributed by atoms with Crippen molar-refractivity contribution in [3.05, 3.63) is 34.3 Å². The lowest BCUT2D eigenvalue weighted by molar-refractivity contribution is -0.146. The summed E-state index contributed by atoms with van der Waals surface area (Å²) in [5, 5.41) is 0. The Hall–Kier alpha value is -0.350. The fourth-order valence-electron chi connectivity index (χ4n) is 1.56. The van der Waals surface area contributed by atoms with E-state index in [2.05, 4.69) is 44.0 Å². The number of ether oxygens (including phenoxy) is 1. The number of hydrogen-bond donors (Lipinski definition) is 0. The van der Waals surface area contributed by atoms with Gasteiger partial charge < -0.3 is 4.74 Å². The molecule has 1 aromatic rings. The molecule has 0 saturated heterocycles. The monoisotopic (exact) mass is 376 g/mol. The second-order valence-corrected chi connectivity index (χ2v) is 6.49. The maximum atomic E-state index is 11.6. The van der Waals surface area contributed by atoms with Crippen LogP contribution in [0.25, 0.3) is 0 Å². The van der Waals surface area contributed by atoms with Gasteiger partial charge in [-0.3, -0.25) is 4.79 Å². The summed E-state index contributed by atoms with van der Waals surface area (Å²) in [7, 11) is 0. The lowest BCUT2D eigenvalue weighted by Gasteiger charge is -2.12. The Morgan fingerprint density at radius 1 is 1.28 bits per heavy atom. The van der Waals surface area contributed by atoms with E-state index < -0.39 is 0 Å². The second-order valence-electron chi connectivity index (χ2n) is 4.47. The number of halogens is 2. The van der Waals surface area contributed by atoms with Crippen molar-refractivity contribution in [1.82, 2.24) is 0 Å². The molecule has 0 heterocycles. The van der Waals surface area contributed by atoms with E-state index >= 15 is 0 Å². The van der Waals surface area contributed by atoms with Gasteiger partial charge in [0.25, 0.3) is 0 Å². The lowest BCUT2D eigenvalue weighted by Crippen LogP contribution is -2.21. The third kappa shape index (κ3) is 6.01. The average Bonchev–Trinajstić information content (AvgIpc) is 2.30. The number of esters is 1. The van der Waals surface area contributed by atoms with Gasteiger partial charge in [-0.2, -0.15) is 0 Å². The molecular weight excluding hydrogens is 360 g/mol. The minimum atomic E-state index is -0.199. The standard InChI is InChI=1S/C14H18Br2O2/c1-10(2)18-14(17)13(16)5-3-4-11-6-8-12(15)9-7-11/h6-10,13H,3-5H2,1-2H3. The van der Waals surface area contributed by atoms with Crippen LogP contribution in [0.5, 0.6) is 0 Å². The van der Waals surface area contributed by atoms with Crippen LogP contribution in [0.15, 0.2) is 28.7 Å². The topological polar surface area (TPSA) is 26.3 Å². The number of carbonyl (C=O) groups is 1. The Morgan fingerprint density at radius 3 is 2.44 bits per heavy atom. The highest BCUT2D eigenvalue weighted by Gasteiger charge is 2.16. The first-order chi connectivity index (χ1) is 8.49. The molecule has 1 rings (SSSR count). The van der Waals surface area contributed by atoms with E-state index in [1.165, 1.54) is 5.56 Å². The highest BCUT2D eigenvalue weighted by atomic mass is 79.9. The molecule has 0 aromatic heterocycles. The predicted octanol–water partition coefficient (Wildman–Crippen LogP) is 4.49. The van der Waals surface area contributed by atoms with Gasteiger partial charge in [0.1, 0.15) is 4.83 Å². The molecule has 4 heteroatoms. The summed E-state index contributed by atoms with van der Waals surface area (Å²) in [6.07, 6.45) is 2.68. The fourth-order valence-corrected chi connectivity index (χ4v) is 2.26. The Bertz CT molecular complexity index is 374. The summed E-state index contributed by atoms with van der Waals surface area (Å²) < 4.78 is 6.23. The number of benzene rings is 1. The summed E-state index contributed by atoms with van der Waals surface area (Å²) in [5.41, 5.74) is 1.29. The van der Waals surface area contributed by atoms with Gasteiger partial charge in [-0.1, -0.05) is 44.0 Å². The first-order valence-electron chi connectivity index (χ1n) is 6.08. The van der Waals surface area contributed by atoms with Crippen LogP contribution in [0, 0.1) is 0 Å². The summed E-state index contributed by atoms with van der Waals surface area (Å²) >= 11 is 6.78. The van der Waals surface area contributed by atoms with Crippen LogP contribution in [0.4, 0.5) is 0 Å². The molecule has 100 valence electrons. The Labute approximate surface area is 125 Å². The van der Waals surface area contributed by atoms with E-state index in [0.29, 0.717) is 0 Å². The van der Waals surface area contributed by atoms with Crippen LogP contribution in [-0.4, -0.2) is 16.9 Å². The van der Waals surface area contributed by atoms with Crippen molar-refractivity contribution in [1.29, 1.82) is 0 Å². The quantitative estimate of drug-likeness (QED) is 0.539. The summed E-state index contributed by atoms with van der Waals surface area (Å²) in [5.74, 6) is -0.166. The molecular formula is C14H18Br2O2. The normalized spacial score (nSPS) is 12.5. The van der Waals surface area contributed by atoms with Crippen LogP contribution < -0.4 is 0 Å². The SMILES string of the molecule is CC(C)OC(=O)C(Br)CCCc1ccc(Br)cc1. The molecule has 0 aliphatic rings. The largest absolute Gasteiger partial charge is 0.462 e. The lowest BCUT2D eigenvalue weighted by atomic mass is 10.1. The third-order valence-corrected chi connectivity index (χ3v) is 3.80. The zero-order valence-corrected chi connectivity index (χ0v) is 13.8. The summed E-state index contributed by atoms with van der Waals surface area (Å²) in [6, 6.07) is 8.27. The predicted molar refractivity (Wildman–Crippen MR) is 81.0 cm³/mol. The summed E-state index contributed by atoms with van der Waals surface area (Å²) in [4.78, 5) is 11.4. The van der Waals surface area contributed by atoms with Gasteiger partial charge in [-0.05, 0) is 50.8 Å². The van der Waals surface area contributed by atoms with Gasteiger partial charge >= 0.3 is 5.97 Å². The number of aryl methyl sites for hydroxylation is 1. The summed E-state index contributed by atoms with van der Waals surface area (Å²) in [6.45, 7) is 3.72. The minimum absolute atomic E-state index is 0.0518. The average molecular weight is 378 g/mol. The molecule has 0 saturated carbocycles. The van der Waals surface area contributed by atoms with E-state index in [-0.39, 0.29) is 16.9 Å². The first kappa shape index (κ1) is 15.7. The molecule has 1 unspecified atom stereocenters. The van der Waals surface area contributed by atoms with E-state index in [1.54, 1.807) is 0 Å². The Morgan fingerprint density at radius 2 is 1.89 bits per heavy atom. The van der Waals surface area contributed by atoms with Gasteiger partial charge in [-0.25, -0.2) is 0 Å². The number of alkyl halides is 1. The molecule has 0 amide bonds. The molecule has 18 heavy (non-hydrogen) atoms. The van der Waals surface area contributed by atoms with Crippen molar-refractivity contribution in [2.45, 2.75) is 44.0 Å². The molecule has 2 nitrogen and oxygen atoms in total. The van der Waals surface area contributed by atoms with Crippen LogP contribution >= 0.6 is 31.9 Å². The van der Waals surface area contributed by atoms with E-state index in [0.717, 1.165) is 23.7 Å². The van der Waals surface area contributed by atoms with E-state index in [4.69, 9.17) is 4.74 Å². The number of rotatable bonds is 6. The van der Waals surface area contributed by atoms with Crippen molar-refractivity contribution in [2.24, 2.45) is 0 Å². The van der Waals surface area contributed by atoms with Gasteiger partial charge in [0.05, 0.1) is 6.10 Å². The molecule has 0 radical (unpaired) electrons. The van der Waals surface area contributed by atoms with Gasteiger partial charge in [0, 0.05) is 4.47 Å². The molecule has 1 atom stereocenters. The van der Waals surface area contributed by atoms with E-state index in [1.807, 2.05) is 26.0 Å². The van der Waals surface area contributed by atoms with Crippen molar-refractivity contribution in [3.8, 4) is 0 Å². The van der Waals surface area contributed by atoms with Crippen LogP contribution in [-0.2, 0) is 16.0 Å². The number of hydrogen-bond acceptors (Lipinski definition) is 2. The zero-order valence-electron chi connectivity index (χ0n) is 10.7. The molecule has 0 fully saturated rings. The molecule has 0 aliphatic carbocycles. The molecule has 1 aromatic carbocycles. The van der Waals surface area contributed by atoms with Crippen molar-refractivity contribution >= 4 is 37.8 Å². The zero-order chi connectivity index (χ0) is 13.5. The van der Waals surface area contributed by atoms with Crippen LogP contribution in [0.1, 0.15) is 32.3 Å². The maximum absolute atomic E-state index is 11.6. The molecule has 0 spiro atoms. The van der Waals surface area contributed by atoms with Gasteiger partial charge in [0.2, 0.25) is 0 Å². The smallest absolute Gasteiger partial charge is 0.319 e. The highest BCUT2D eigenvalue weighted by molar-refractivity contribution is 9.10. The highest BCUT2D eigenvalue weighted by Crippen LogP contribution is 2.16. The molecule has 0 bridgehead atoms. The third-order valence-electron chi connectivity index (χ3n) is 2.44. The van der Waals surface area contributed by atoms with Crippen molar-refractivity contribution < 1.29 is 9.53 Å². The van der Waals surface area contributed by atoms with Gasteiger partial charge in [-0.15, -0.1) is 0 Å². The maximum Gasteiger partial charge on any atom is 0.319 e. The minimum Gasteiger partial charge on any atom is -0.462 e. The van der Waals surface area contributed by atoms with Gasteiger partial charge in [0.15, 0.2) is 0 Å². The molecule has 0 aliphatic heterocycles. The van der Waals surface area contributed by atoms with Crippen LogP contribution in [0.3, 0.4) is 0 Å². The Kier molecular flexibility index (Phi) is 6.94. The Balaban J connectivity index is 2.28. The van der Waals surface area contributed by atoms with Crippen molar-refractivity contribution in [3.63, 3.8) is 0 Å².